The number of nitrogens with two attached hydrogens (primary N) is 1. The van der Waals surface area contributed by atoms with Crippen molar-refractivity contribution in [2.45, 2.75) is 38.3 Å². The maximum Gasteiger partial charge on any atom is 0.339 e. The number of pyridine rings is 1. The molecular formula is C15H21N3O3. The standard InChI is InChI=1S/C15H21N3O3/c1-21-15(20)11-6-7-12(17-8-11)9-18(10-14(16)19)13-4-2-3-5-13/h6-8,13H,2-5,9-10H2,1H3,(H2,16,19). The molecule has 0 atom stereocenters. The molecule has 0 saturated heterocycles. The highest BCUT2D eigenvalue weighted by Crippen LogP contribution is 2.24. The van der Waals surface area contributed by atoms with E-state index in [0.29, 0.717) is 18.2 Å². The second-order valence-corrected chi connectivity index (χ2v) is 5.34. The van der Waals surface area contributed by atoms with Gasteiger partial charge in [0.1, 0.15) is 0 Å². The molecule has 0 spiro atoms. The Labute approximate surface area is 124 Å². The van der Waals surface area contributed by atoms with E-state index in [1.807, 2.05) is 0 Å². The van der Waals surface area contributed by atoms with Crippen LogP contribution in [-0.4, -0.2) is 41.5 Å². The minimum atomic E-state index is -0.404. The number of hydrogen-bond acceptors (Lipinski definition) is 5. The summed E-state index contributed by atoms with van der Waals surface area (Å²) in [5.41, 5.74) is 6.57. The van der Waals surface area contributed by atoms with Gasteiger partial charge in [-0.1, -0.05) is 12.8 Å². The van der Waals surface area contributed by atoms with E-state index in [2.05, 4.69) is 14.6 Å². The Hall–Kier alpha value is -1.95. The van der Waals surface area contributed by atoms with Crippen molar-refractivity contribution in [1.29, 1.82) is 0 Å². The van der Waals surface area contributed by atoms with Gasteiger partial charge in [0.05, 0.1) is 24.9 Å². The summed E-state index contributed by atoms with van der Waals surface area (Å²) >= 11 is 0. The SMILES string of the molecule is COC(=O)c1ccc(CN(CC(N)=O)C2CCCC2)nc1. The van der Waals surface area contributed by atoms with Gasteiger partial charge in [0, 0.05) is 18.8 Å². The van der Waals surface area contributed by atoms with Crippen molar-refractivity contribution in [3.05, 3.63) is 29.6 Å². The zero-order valence-electron chi connectivity index (χ0n) is 12.2. The van der Waals surface area contributed by atoms with Gasteiger partial charge in [-0.25, -0.2) is 4.79 Å². The zero-order valence-corrected chi connectivity index (χ0v) is 12.2. The van der Waals surface area contributed by atoms with E-state index in [0.717, 1.165) is 18.5 Å². The van der Waals surface area contributed by atoms with Crippen LogP contribution in [0, 0.1) is 0 Å². The summed E-state index contributed by atoms with van der Waals surface area (Å²) in [6, 6.07) is 3.86. The molecule has 1 saturated carbocycles. The van der Waals surface area contributed by atoms with Crippen LogP contribution in [0.1, 0.15) is 41.7 Å². The number of ether oxygens (including phenoxy) is 1. The maximum atomic E-state index is 11.4. The van der Waals surface area contributed by atoms with Gasteiger partial charge in [0.2, 0.25) is 5.91 Å². The summed E-state index contributed by atoms with van der Waals surface area (Å²) < 4.78 is 4.64. The van der Waals surface area contributed by atoms with Crippen LogP contribution in [0.3, 0.4) is 0 Å². The first-order valence-electron chi connectivity index (χ1n) is 7.15. The molecule has 1 aromatic rings. The zero-order chi connectivity index (χ0) is 15.2. The maximum absolute atomic E-state index is 11.4. The fourth-order valence-electron chi connectivity index (χ4n) is 2.75. The van der Waals surface area contributed by atoms with Gasteiger partial charge >= 0.3 is 5.97 Å². The number of carbonyl (C=O) groups is 2. The molecule has 1 aliphatic carbocycles. The molecule has 2 N–H and O–H groups in total. The number of nitrogens with zero attached hydrogens (tertiary/aromatic N) is 2. The lowest BCUT2D eigenvalue weighted by molar-refractivity contribution is -0.119. The minimum absolute atomic E-state index is 0.241. The van der Waals surface area contributed by atoms with Gasteiger partial charge in [0.15, 0.2) is 0 Å². The van der Waals surface area contributed by atoms with Gasteiger partial charge in [0.25, 0.3) is 0 Å². The number of aromatic nitrogens is 1. The van der Waals surface area contributed by atoms with Gasteiger partial charge in [-0.2, -0.15) is 0 Å². The first-order valence-corrected chi connectivity index (χ1v) is 7.15. The monoisotopic (exact) mass is 291 g/mol. The molecule has 0 unspecified atom stereocenters. The van der Waals surface area contributed by atoms with Crippen molar-refractivity contribution < 1.29 is 14.3 Å². The first-order chi connectivity index (χ1) is 10.1. The highest BCUT2D eigenvalue weighted by atomic mass is 16.5. The first kappa shape index (κ1) is 15.4. The van der Waals surface area contributed by atoms with E-state index in [9.17, 15) is 9.59 Å². The molecule has 1 aromatic heterocycles. The smallest absolute Gasteiger partial charge is 0.339 e. The summed E-state index contributed by atoms with van der Waals surface area (Å²) in [6.07, 6.45) is 6.06. The van der Waals surface area contributed by atoms with Crippen LogP contribution >= 0.6 is 0 Å². The summed E-state index contributed by atoms with van der Waals surface area (Å²) in [6.45, 7) is 0.806. The normalized spacial score (nSPS) is 15.3. The van der Waals surface area contributed by atoms with Gasteiger partial charge < -0.3 is 10.5 Å². The fourth-order valence-corrected chi connectivity index (χ4v) is 2.75. The lowest BCUT2D eigenvalue weighted by Gasteiger charge is -2.27. The number of primary amides is 1. The topological polar surface area (TPSA) is 85.5 Å². The largest absolute Gasteiger partial charge is 0.465 e. The predicted molar refractivity (Wildman–Crippen MR) is 77.4 cm³/mol. The van der Waals surface area contributed by atoms with Crippen LogP contribution in [0.2, 0.25) is 0 Å². The number of methoxy groups -OCH3 is 1. The average molecular weight is 291 g/mol. The predicted octanol–water partition coefficient (Wildman–Crippen LogP) is 1.10. The molecule has 2 rings (SSSR count). The van der Waals surface area contributed by atoms with Crippen LogP contribution in [-0.2, 0) is 16.1 Å². The average Bonchev–Trinajstić information content (AvgIpc) is 3.00. The number of amides is 1. The van der Waals surface area contributed by atoms with Gasteiger partial charge in [-0.3, -0.25) is 14.7 Å². The summed E-state index contributed by atoms with van der Waals surface area (Å²) in [4.78, 5) is 29.0. The van der Waals surface area contributed by atoms with Crippen molar-refractivity contribution in [1.82, 2.24) is 9.88 Å². The molecule has 1 aliphatic rings. The molecule has 0 aliphatic heterocycles. The van der Waals surface area contributed by atoms with Crippen molar-refractivity contribution in [3.8, 4) is 0 Å². The number of esters is 1. The van der Waals surface area contributed by atoms with Crippen molar-refractivity contribution >= 4 is 11.9 Å². The molecule has 114 valence electrons. The Bertz CT molecular complexity index is 495. The number of carbonyl (C=O) groups excluding carboxylic acids is 2. The molecule has 1 heterocycles. The lowest BCUT2D eigenvalue weighted by Crippen LogP contribution is -2.39. The van der Waals surface area contributed by atoms with Crippen LogP contribution in [0.25, 0.3) is 0 Å². The van der Waals surface area contributed by atoms with E-state index >= 15 is 0 Å². The summed E-state index contributed by atoms with van der Waals surface area (Å²) in [7, 11) is 1.34. The molecule has 6 heteroatoms. The van der Waals surface area contributed by atoms with E-state index in [-0.39, 0.29) is 12.5 Å². The van der Waals surface area contributed by atoms with Gasteiger partial charge in [-0.15, -0.1) is 0 Å². The quantitative estimate of drug-likeness (QED) is 0.793. The second-order valence-electron chi connectivity index (χ2n) is 5.34. The Morgan fingerprint density at radius 2 is 2.10 bits per heavy atom. The Kier molecular flexibility index (Phi) is 5.27. The highest BCUT2D eigenvalue weighted by Gasteiger charge is 2.24. The van der Waals surface area contributed by atoms with Crippen molar-refractivity contribution in [3.63, 3.8) is 0 Å². The van der Waals surface area contributed by atoms with E-state index in [1.54, 1.807) is 12.1 Å². The number of hydrogen-bond donors (Lipinski definition) is 1. The van der Waals surface area contributed by atoms with Crippen molar-refractivity contribution in [2.24, 2.45) is 5.73 Å². The second kappa shape index (κ2) is 7.17. The lowest BCUT2D eigenvalue weighted by atomic mass is 10.2. The Morgan fingerprint density at radius 1 is 1.38 bits per heavy atom. The van der Waals surface area contributed by atoms with Crippen molar-refractivity contribution in [2.75, 3.05) is 13.7 Å². The van der Waals surface area contributed by atoms with E-state index in [4.69, 9.17) is 5.73 Å². The third-order valence-corrected chi connectivity index (χ3v) is 3.81. The molecule has 6 nitrogen and oxygen atoms in total. The summed E-state index contributed by atoms with van der Waals surface area (Å²) in [5.74, 6) is -0.730. The summed E-state index contributed by atoms with van der Waals surface area (Å²) in [5, 5.41) is 0. The van der Waals surface area contributed by atoms with Crippen LogP contribution in [0.5, 0.6) is 0 Å². The molecule has 0 aromatic carbocycles. The molecule has 0 bridgehead atoms. The van der Waals surface area contributed by atoms with Crippen LogP contribution < -0.4 is 5.73 Å². The molecule has 1 amide bonds. The fraction of sp³-hybridized carbons (Fsp3) is 0.533. The third-order valence-electron chi connectivity index (χ3n) is 3.81. The number of rotatable bonds is 6. The third kappa shape index (κ3) is 4.26. The molecular weight excluding hydrogens is 270 g/mol. The minimum Gasteiger partial charge on any atom is -0.465 e. The molecule has 0 radical (unpaired) electrons. The molecule has 21 heavy (non-hydrogen) atoms. The van der Waals surface area contributed by atoms with Crippen LogP contribution in [0.4, 0.5) is 0 Å². The van der Waals surface area contributed by atoms with Crippen LogP contribution in [0.15, 0.2) is 18.3 Å². The highest BCUT2D eigenvalue weighted by molar-refractivity contribution is 5.88. The van der Waals surface area contributed by atoms with E-state index in [1.165, 1.54) is 26.1 Å². The Balaban J connectivity index is 2.05. The van der Waals surface area contributed by atoms with Gasteiger partial charge in [-0.05, 0) is 25.0 Å². The molecule has 1 fully saturated rings. The van der Waals surface area contributed by atoms with E-state index < -0.39 is 5.97 Å². The Morgan fingerprint density at radius 3 is 2.62 bits per heavy atom.